The number of nitrogens with two attached hydrogens (primary N) is 1. The van der Waals surface area contributed by atoms with E-state index in [1.165, 1.54) is 4.31 Å². The summed E-state index contributed by atoms with van der Waals surface area (Å²) >= 11 is 0. The number of fused-ring (bicyclic) bond motifs is 1. The van der Waals surface area contributed by atoms with E-state index in [1.54, 1.807) is 36.4 Å². The molecular formula is C15H16N2O2S. The topological polar surface area (TPSA) is 63.4 Å². The fourth-order valence-electron chi connectivity index (χ4n) is 2.53. The molecule has 2 aromatic carbocycles. The summed E-state index contributed by atoms with van der Waals surface area (Å²) in [5.74, 6) is 0. The smallest absolute Gasteiger partial charge is 0.264 e. The fourth-order valence-corrected chi connectivity index (χ4v) is 4.08. The molecule has 0 radical (unpaired) electrons. The zero-order chi connectivity index (χ0) is 14.2. The van der Waals surface area contributed by atoms with Crippen molar-refractivity contribution >= 4 is 21.4 Å². The van der Waals surface area contributed by atoms with Crippen LogP contribution in [0, 0.1) is 0 Å². The molecule has 0 atom stereocenters. The van der Waals surface area contributed by atoms with Crippen molar-refractivity contribution in [3.05, 3.63) is 54.1 Å². The second kappa shape index (κ2) is 4.83. The zero-order valence-electron chi connectivity index (χ0n) is 11.0. The third-order valence-electron chi connectivity index (χ3n) is 3.52. The van der Waals surface area contributed by atoms with E-state index in [1.807, 2.05) is 12.1 Å². The van der Waals surface area contributed by atoms with Gasteiger partial charge in [0.1, 0.15) is 0 Å². The van der Waals surface area contributed by atoms with Gasteiger partial charge in [-0.1, -0.05) is 24.3 Å². The molecule has 5 heteroatoms. The Labute approximate surface area is 118 Å². The Balaban J connectivity index is 2.11. The predicted octanol–water partition coefficient (Wildman–Crippen LogP) is 2.41. The van der Waals surface area contributed by atoms with Crippen molar-refractivity contribution < 1.29 is 8.42 Å². The van der Waals surface area contributed by atoms with Gasteiger partial charge in [0.05, 0.1) is 10.6 Å². The first kappa shape index (κ1) is 13.0. The van der Waals surface area contributed by atoms with E-state index < -0.39 is 10.0 Å². The van der Waals surface area contributed by atoms with Crippen LogP contribution < -0.4 is 10.0 Å². The van der Waals surface area contributed by atoms with Crippen molar-refractivity contribution in [1.29, 1.82) is 0 Å². The highest BCUT2D eigenvalue weighted by molar-refractivity contribution is 7.92. The van der Waals surface area contributed by atoms with Crippen LogP contribution >= 0.6 is 0 Å². The number of sulfonamides is 1. The maximum Gasteiger partial charge on any atom is 0.264 e. The Morgan fingerprint density at radius 3 is 2.55 bits per heavy atom. The first-order chi connectivity index (χ1) is 9.59. The van der Waals surface area contributed by atoms with E-state index in [4.69, 9.17) is 5.73 Å². The Bertz CT molecular complexity index is 727. The molecule has 20 heavy (non-hydrogen) atoms. The molecule has 4 nitrogen and oxygen atoms in total. The molecule has 0 aromatic heterocycles. The van der Waals surface area contributed by atoms with Crippen LogP contribution in [0.5, 0.6) is 0 Å². The van der Waals surface area contributed by atoms with Crippen LogP contribution in [0.2, 0.25) is 0 Å². The molecule has 1 heterocycles. The maximum absolute atomic E-state index is 12.7. The van der Waals surface area contributed by atoms with Gasteiger partial charge in [-0.2, -0.15) is 0 Å². The Hall–Kier alpha value is -2.01. The van der Waals surface area contributed by atoms with E-state index in [0.29, 0.717) is 22.8 Å². The van der Waals surface area contributed by atoms with Gasteiger partial charge >= 0.3 is 0 Å². The van der Waals surface area contributed by atoms with Crippen LogP contribution in [-0.4, -0.2) is 15.0 Å². The Kier molecular flexibility index (Phi) is 3.14. The number of nitrogen functional groups attached to an aromatic ring is 1. The first-order valence-electron chi connectivity index (χ1n) is 6.55. The normalized spacial score (nSPS) is 14.9. The molecule has 0 saturated heterocycles. The Morgan fingerprint density at radius 2 is 1.80 bits per heavy atom. The number of anilines is 2. The number of nitrogens with zero attached hydrogens (tertiary/aromatic N) is 1. The standard InChI is InChI=1S/C15H16N2O2S/c16-13-9-8-12-5-4-10-17(15(12)11-13)20(18,19)14-6-2-1-3-7-14/h1-3,6-9,11H,4-5,10,16H2. The van der Waals surface area contributed by atoms with Gasteiger partial charge in [0.2, 0.25) is 0 Å². The monoisotopic (exact) mass is 288 g/mol. The second-order valence-electron chi connectivity index (χ2n) is 4.88. The minimum absolute atomic E-state index is 0.315. The predicted molar refractivity (Wildman–Crippen MR) is 80.1 cm³/mol. The summed E-state index contributed by atoms with van der Waals surface area (Å²) in [7, 11) is -3.51. The summed E-state index contributed by atoms with van der Waals surface area (Å²) in [6.07, 6.45) is 1.71. The van der Waals surface area contributed by atoms with Crippen LogP contribution in [0.3, 0.4) is 0 Å². The Morgan fingerprint density at radius 1 is 1.05 bits per heavy atom. The molecular weight excluding hydrogens is 272 g/mol. The molecule has 0 spiro atoms. The van der Waals surface area contributed by atoms with Crippen LogP contribution in [0.25, 0.3) is 0 Å². The van der Waals surface area contributed by atoms with Crippen molar-refractivity contribution in [1.82, 2.24) is 0 Å². The molecule has 0 aliphatic carbocycles. The maximum atomic E-state index is 12.7. The average molecular weight is 288 g/mol. The van der Waals surface area contributed by atoms with Gasteiger partial charge in [-0.3, -0.25) is 4.31 Å². The lowest BCUT2D eigenvalue weighted by Crippen LogP contribution is -2.35. The molecule has 104 valence electrons. The highest BCUT2D eigenvalue weighted by Gasteiger charge is 2.28. The summed E-state index contributed by atoms with van der Waals surface area (Å²) in [5.41, 5.74) is 8.13. The summed E-state index contributed by atoms with van der Waals surface area (Å²) < 4.78 is 27.0. The van der Waals surface area contributed by atoms with E-state index in [0.717, 1.165) is 18.4 Å². The lowest BCUT2D eigenvalue weighted by atomic mass is 10.0. The van der Waals surface area contributed by atoms with Gasteiger partial charge < -0.3 is 5.73 Å². The summed E-state index contributed by atoms with van der Waals surface area (Å²) in [4.78, 5) is 0.315. The third-order valence-corrected chi connectivity index (χ3v) is 5.34. The second-order valence-corrected chi connectivity index (χ2v) is 6.74. The largest absolute Gasteiger partial charge is 0.399 e. The lowest BCUT2D eigenvalue weighted by Gasteiger charge is -2.30. The number of hydrogen-bond acceptors (Lipinski definition) is 3. The first-order valence-corrected chi connectivity index (χ1v) is 7.99. The average Bonchev–Trinajstić information content (AvgIpc) is 2.47. The molecule has 0 saturated carbocycles. The van der Waals surface area contributed by atoms with E-state index in [2.05, 4.69) is 0 Å². The molecule has 3 rings (SSSR count). The SMILES string of the molecule is Nc1ccc2c(c1)N(S(=O)(=O)c1ccccc1)CCC2. The minimum atomic E-state index is -3.51. The minimum Gasteiger partial charge on any atom is -0.399 e. The molecule has 0 bridgehead atoms. The van der Waals surface area contributed by atoms with Gasteiger partial charge in [0, 0.05) is 12.2 Å². The van der Waals surface area contributed by atoms with Crippen molar-refractivity contribution in [2.24, 2.45) is 0 Å². The highest BCUT2D eigenvalue weighted by Crippen LogP contribution is 2.33. The van der Waals surface area contributed by atoms with E-state index in [9.17, 15) is 8.42 Å². The zero-order valence-corrected chi connectivity index (χ0v) is 11.8. The molecule has 2 aromatic rings. The van der Waals surface area contributed by atoms with E-state index in [-0.39, 0.29) is 0 Å². The van der Waals surface area contributed by atoms with Crippen LogP contribution in [-0.2, 0) is 16.4 Å². The van der Waals surface area contributed by atoms with Crippen LogP contribution in [0.15, 0.2) is 53.4 Å². The molecule has 0 fully saturated rings. The van der Waals surface area contributed by atoms with Crippen molar-refractivity contribution in [2.45, 2.75) is 17.7 Å². The van der Waals surface area contributed by atoms with Crippen molar-refractivity contribution in [3.8, 4) is 0 Å². The summed E-state index contributed by atoms with van der Waals surface area (Å²) in [6.45, 7) is 0.494. The van der Waals surface area contributed by atoms with Crippen molar-refractivity contribution in [2.75, 3.05) is 16.6 Å². The van der Waals surface area contributed by atoms with E-state index >= 15 is 0 Å². The molecule has 2 N–H and O–H groups in total. The van der Waals surface area contributed by atoms with Gasteiger partial charge in [-0.05, 0) is 42.7 Å². The van der Waals surface area contributed by atoms with Gasteiger partial charge in [-0.15, -0.1) is 0 Å². The molecule has 0 amide bonds. The van der Waals surface area contributed by atoms with Crippen LogP contribution in [0.1, 0.15) is 12.0 Å². The summed E-state index contributed by atoms with van der Waals surface area (Å²) in [5, 5.41) is 0. The number of aryl methyl sites for hydroxylation is 1. The van der Waals surface area contributed by atoms with Gasteiger partial charge in [-0.25, -0.2) is 8.42 Å². The molecule has 1 aliphatic heterocycles. The highest BCUT2D eigenvalue weighted by atomic mass is 32.2. The lowest BCUT2D eigenvalue weighted by molar-refractivity contribution is 0.586. The number of hydrogen-bond donors (Lipinski definition) is 1. The van der Waals surface area contributed by atoms with Gasteiger partial charge in [0.15, 0.2) is 0 Å². The summed E-state index contributed by atoms with van der Waals surface area (Å²) in [6, 6.07) is 14.0. The fraction of sp³-hybridized carbons (Fsp3) is 0.200. The van der Waals surface area contributed by atoms with Gasteiger partial charge in [0.25, 0.3) is 10.0 Å². The third kappa shape index (κ3) is 2.14. The van der Waals surface area contributed by atoms with Crippen LogP contribution in [0.4, 0.5) is 11.4 Å². The molecule has 1 aliphatic rings. The number of benzene rings is 2. The quantitative estimate of drug-likeness (QED) is 0.863. The number of rotatable bonds is 2. The van der Waals surface area contributed by atoms with Crippen molar-refractivity contribution in [3.63, 3.8) is 0 Å². The molecule has 0 unspecified atom stereocenters.